The fourth-order valence-electron chi connectivity index (χ4n) is 2.59. The van der Waals surface area contributed by atoms with Gasteiger partial charge in [0.2, 0.25) is 5.91 Å². The Morgan fingerprint density at radius 3 is 2.29 bits per heavy atom. The summed E-state index contributed by atoms with van der Waals surface area (Å²) in [5.41, 5.74) is 6.42. The van der Waals surface area contributed by atoms with Gasteiger partial charge in [-0.3, -0.25) is 14.2 Å². The first-order valence-electron chi connectivity index (χ1n) is 9.29. The van der Waals surface area contributed by atoms with Crippen molar-refractivity contribution in [2.24, 2.45) is 5.73 Å². The average Bonchev–Trinajstić information content (AvgIpc) is 2.64. The van der Waals surface area contributed by atoms with E-state index in [1.807, 2.05) is 6.07 Å². The van der Waals surface area contributed by atoms with Crippen molar-refractivity contribution in [2.45, 2.75) is 51.7 Å². The maximum atomic E-state index is 12.6. The lowest BCUT2D eigenvalue weighted by Gasteiger charge is -2.17. The third-order valence-electron chi connectivity index (χ3n) is 3.92. The van der Waals surface area contributed by atoms with Crippen molar-refractivity contribution in [3.05, 3.63) is 35.4 Å². The molecule has 1 atom stereocenters. The van der Waals surface area contributed by atoms with Gasteiger partial charge in [-0.2, -0.15) is 5.26 Å². The van der Waals surface area contributed by atoms with Crippen LogP contribution in [0.5, 0.6) is 0 Å². The molecule has 0 saturated carbocycles. The van der Waals surface area contributed by atoms with Crippen molar-refractivity contribution >= 4 is 19.4 Å². The molecule has 0 aliphatic carbocycles. The Labute approximate surface area is 165 Å². The van der Waals surface area contributed by atoms with Gasteiger partial charge in [-0.1, -0.05) is 12.1 Å². The zero-order chi connectivity index (χ0) is 21.0. The van der Waals surface area contributed by atoms with Crippen LogP contribution < -0.4 is 11.1 Å². The predicted octanol–water partition coefficient (Wildman–Crippen LogP) is 3.12. The number of unbranched alkanes of at least 4 members (excludes halogenated alkanes) is 2. The van der Waals surface area contributed by atoms with E-state index in [0.29, 0.717) is 36.8 Å². The topological polar surface area (TPSA) is 132 Å². The van der Waals surface area contributed by atoms with Crippen molar-refractivity contribution < 1.29 is 23.2 Å². The van der Waals surface area contributed by atoms with Crippen LogP contribution >= 0.6 is 7.60 Å². The van der Waals surface area contributed by atoms with E-state index >= 15 is 0 Å². The molecular weight excluding hydrogens is 381 g/mol. The van der Waals surface area contributed by atoms with Gasteiger partial charge in [0.05, 0.1) is 25.4 Å². The van der Waals surface area contributed by atoms with E-state index in [2.05, 4.69) is 5.32 Å². The molecule has 0 fully saturated rings. The second-order valence-corrected chi connectivity index (χ2v) is 8.19. The Morgan fingerprint density at radius 1 is 1.18 bits per heavy atom. The van der Waals surface area contributed by atoms with E-state index < -0.39 is 25.5 Å². The second kappa shape index (κ2) is 12.3. The van der Waals surface area contributed by atoms with Crippen LogP contribution in [0.2, 0.25) is 0 Å². The van der Waals surface area contributed by atoms with Crippen LogP contribution in [-0.4, -0.2) is 31.1 Å². The molecular formula is C19H28N3O5P. The monoisotopic (exact) mass is 409 g/mol. The molecule has 0 heterocycles. The van der Waals surface area contributed by atoms with Crippen molar-refractivity contribution in [3.8, 4) is 6.07 Å². The number of amides is 2. The normalized spacial score (nSPS) is 12.2. The van der Waals surface area contributed by atoms with E-state index in [0.717, 1.165) is 0 Å². The number of rotatable bonds is 13. The van der Waals surface area contributed by atoms with Crippen LogP contribution in [0.25, 0.3) is 0 Å². The Balaban J connectivity index is 2.72. The molecule has 9 heteroatoms. The fourth-order valence-corrected chi connectivity index (χ4v) is 4.29. The van der Waals surface area contributed by atoms with Gasteiger partial charge in [-0.25, -0.2) is 0 Å². The van der Waals surface area contributed by atoms with Gasteiger partial charge in [0.15, 0.2) is 0 Å². The first kappa shape index (κ1) is 23.8. The van der Waals surface area contributed by atoms with Gasteiger partial charge in [0.25, 0.3) is 5.91 Å². The largest absolute Gasteiger partial charge is 0.368 e. The van der Waals surface area contributed by atoms with Crippen molar-refractivity contribution in [3.63, 3.8) is 0 Å². The second-order valence-electron chi connectivity index (χ2n) is 6.13. The quantitative estimate of drug-likeness (QED) is 0.380. The Kier molecular flexibility index (Phi) is 10.5. The fraction of sp³-hybridized carbons (Fsp3) is 0.526. The van der Waals surface area contributed by atoms with E-state index in [-0.39, 0.29) is 19.4 Å². The number of nitrogens with zero attached hydrogens (tertiary/aromatic N) is 1. The van der Waals surface area contributed by atoms with Gasteiger partial charge in [-0.15, -0.1) is 0 Å². The van der Waals surface area contributed by atoms with Crippen molar-refractivity contribution in [2.75, 3.05) is 13.2 Å². The summed E-state index contributed by atoms with van der Waals surface area (Å²) >= 11 is 0. The lowest BCUT2D eigenvalue weighted by molar-refractivity contribution is -0.120. The standard InChI is InChI=1S/C19H28N3O5P/c1-3-26-28(25,27-4-2)14-15-9-11-16(12-10-15)19(24)22-17(18(21)23)8-6-5-7-13-20/h9-12,17H,3-8,14H2,1-2H3,(H2,21,23)(H,22,24)/t17-/m0/s1. The average molecular weight is 409 g/mol. The molecule has 2 amide bonds. The molecule has 0 spiro atoms. The van der Waals surface area contributed by atoms with Crippen molar-refractivity contribution in [1.82, 2.24) is 5.32 Å². The van der Waals surface area contributed by atoms with E-state index in [9.17, 15) is 14.2 Å². The van der Waals surface area contributed by atoms with Crippen LogP contribution in [-0.2, 0) is 24.6 Å². The lowest BCUT2D eigenvalue weighted by Crippen LogP contribution is -2.44. The number of nitrogens with one attached hydrogen (secondary N) is 1. The summed E-state index contributed by atoms with van der Waals surface area (Å²) in [5.74, 6) is -1.04. The van der Waals surface area contributed by atoms with Crippen LogP contribution in [0.1, 0.15) is 55.5 Å². The van der Waals surface area contributed by atoms with Crippen LogP contribution in [0.15, 0.2) is 24.3 Å². The first-order valence-corrected chi connectivity index (χ1v) is 11.0. The molecule has 28 heavy (non-hydrogen) atoms. The zero-order valence-corrected chi connectivity index (χ0v) is 17.2. The molecule has 154 valence electrons. The summed E-state index contributed by atoms with van der Waals surface area (Å²) < 4.78 is 23.1. The van der Waals surface area contributed by atoms with E-state index in [1.165, 1.54) is 0 Å². The summed E-state index contributed by atoms with van der Waals surface area (Å²) in [6, 6.07) is 7.76. The van der Waals surface area contributed by atoms with Gasteiger partial charge in [0, 0.05) is 12.0 Å². The smallest absolute Gasteiger partial charge is 0.335 e. The highest BCUT2D eigenvalue weighted by molar-refractivity contribution is 7.53. The molecule has 1 rings (SSSR count). The highest BCUT2D eigenvalue weighted by atomic mass is 31.2. The number of carbonyl (C=O) groups is 2. The summed E-state index contributed by atoms with van der Waals surface area (Å²) in [7, 11) is -3.22. The zero-order valence-electron chi connectivity index (χ0n) is 16.3. The number of hydrogen-bond acceptors (Lipinski definition) is 6. The van der Waals surface area contributed by atoms with Crippen LogP contribution in [0, 0.1) is 11.3 Å². The molecule has 0 unspecified atom stereocenters. The SMILES string of the molecule is CCOP(=O)(Cc1ccc(C(=O)N[C@@H](CCCCC#N)C(N)=O)cc1)OCC. The maximum absolute atomic E-state index is 12.6. The number of nitriles is 1. The molecule has 0 aliphatic heterocycles. The summed E-state index contributed by atoms with van der Waals surface area (Å²) in [4.78, 5) is 23.9. The maximum Gasteiger partial charge on any atom is 0.335 e. The minimum atomic E-state index is -3.22. The van der Waals surface area contributed by atoms with E-state index in [4.69, 9.17) is 20.0 Å². The molecule has 0 saturated heterocycles. The molecule has 0 radical (unpaired) electrons. The minimum absolute atomic E-state index is 0.110. The van der Waals surface area contributed by atoms with E-state index in [1.54, 1.807) is 38.1 Å². The van der Waals surface area contributed by atoms with Gasteiger partial charge < -0.3 is 20.1 Å². The van der Waals surface area contributed by atoms with Gasteiger partial charge >= 0.3 is 7.60 Å². The molecule has 0 bridgehead atoms. The highest BCUT2D eigenvalue weighted by Crippen LogP contribution is 2.51. The van der Waals surface area contributed by atoms with Crippen LogP contribution in [0.3, 0.4) is 0 Å². The molecule has 1 aromatic carbocycles. The summed E-state index contributed by atoms with van der Waals surface area (Å²) in [6.07, 6.45) is 2.15. The summed E-state index contributed by atoms with van der Waals surface area (Å²) in [5, 5.41) is 11.2. The predicted molar refractivity (Wildman–Crippen MR) is 106 cm³/mol. The first-order chi connectivity index (χ1) is 13.3. The number of nitrogens with two attached hydrogens (primary N) is 1. The van der Waals surface area contributed by atoms with Gasteiger partial charge in [-0.05, 0) is 50.8 Å². The molecule has 8 nitrogen and oxygen atoms in total. The third-order valence-corrected chi connectivity index (χ3v) is 5.98. The minimum Gasteiger partial charge on any atom is -0.368 e. The third kappa shape index (κ3) is 8.22. The number of benzene rings is 1. The Bertz CT molecular complexity index is 720. The summed E-state index contributed by atoms with van der Waals surface area (Å²) in [6.45, 7) is 4.05. The van der Waals surface area contributed by atoms with Gasteiger partial charge in [0.1, 0.15) is 6.04 Å². The molecule has 1 aromatic rings. The Morgan fingerprint density at radius 2 is 1.79 bits per heavy atom. The molecule has 0 aliphatic rings. The Hall–Kier alpha value is -2.20. The molecule has 3 N–H and O–H groups in total. The lowest BCUT2D eigenvalue weighted by atomic mass is 10.1. The highest BCUT2D eigenvalue weighted by Gasteiger charge is 2.24. The molecule has 0 aromatic heterocycles. The van der Waals surface area contributed by atoms with Crippen LogP contribution in [0.4, 0.5) is 0 Å². The van der Waals surface area contributed by atoms with Crippen molar-refractivity contribution in [1.29, 1.82) is 5.26 Å². The number of primary amides is 1. The number of carbonyl (C=O) groups excluding carboxylic acids is 2. The number of hydrogen-bond donors (Lipinski definition) is 2.